The highest BCUT2D eigenvalue weighted by molar-refractivity contribution is 7.89. The summed E-state index contributed by atoms with van der Waals surface area (Å²) in [6, 6.07) is 11.5. The van der Waals surface area contributed by atoms with Crippen LogP contribution in [0.15, 0.2) is 53.4 Å². The van der Waals surface area contributed by atoms with Crippen LogP contribution in [0.25, 0.3) is 0 Å². The van der Waals surface area contributed by atoms with E-state index in [2.05, 4.69) is 5.32 Å². The van der Waals surface area contributed by atoms with Gasteiger partial charge in [0.05, 0.1) is 10.5 Å². The Morgan fingerprint density at radius 2 is 1.80 bits per heavy atom. The molecule has 2 aromatic rings. The fourth-order valence-electron chi connectivity index (χ4n) is 1.86. The molecule has 0 fully saturated rings. The van der Waals surface area contributed by atoms with E-state index >= 15 is 0 Å². The van der Waals surface area contributed by atoms with Gasteiger partial charge < -0.3 is 10.1 Å². The number of ether oxygens (including phenoxy) is 1. The van der Waals surface area contributed by atoms with Crippen LogP contribution in [0.4, 0.5) is 5.69 Å². The highest BCUT2D eigenvalue weighted by atomic mass is 35.5. The number of carbonyl (C=O) groups is 2. The Labute approximate surface area is 149 Å². The van der Waals surface area contributed by atoms with Crippen LogP contribution in [0.5, 0.6) is 0 Å². The third kappa shape index (κ3) is 5.28. The van der Waals surface area contributed by atoms with Gasteiger partial charge in [-0.3, -0.25) is 4.79 Å². The first-order valence-corrected chi connectivity index (χ1v) is 8.99. The predicted octanol–water partition coefficient (Wildman–Crippen LogP) is 2.17. The van der Waals surface area contributed by atoms with Crippen molar-refractivity contribution in [1.29, 1.82) is 0 Å². The van der Waals surface area contributed by atoms with Crippen LogP contribution in [-0.4, -0.2) is 26.4 Å². The van der Waals surface area contributed by atoms with Gasteiger partial charge in [0.25, 0.3) is 5.91 Å². The molecule has 0 bridgehead atoms. The Kier molecular flexibility index (Phi) is 5.78. The molecule has 0 radical (unpaired) electrons. The zero-order valence-electron chi connectivity index (χ0n) is 13.1. The average molecular weight is 383 g/mol. The molecule has 0 unspecified atom stereocenters. The molecule has 132 valence electrons. The number of benzene rings is 2. The molecule has 0 spiro atoms. The average Bonchev–Trinajstić information content (AvgIpc) is 2.56. The van der Waals surface area contributed by atoms with E-state index in [0.717, 1.165) is 6.07 Å². The number of carbonyl (C=O) groups excluding carboxylic acids is 2. The molecule has 0 aromatic heterocycles. The van der Waals surface area contributed by atoms with E-state index < -0.39 is 28.0 Å². The van der Waals surface area contributed by atoms with Crippen molar-refractivity contribution < 1.29 is 22.7 Å². The van der Waals surface area contributed by atoms with Gasteiger partial charge >= 0.3 is 5.97 Å². The number of nitrogens with one attached hydrogen (secondary N) is 1. The lowest BCUT2D eigenvalue weighted by Crippen LogP contribution is -2.30. The molecule has 7 nitrogen and oxygen atoms in total. The fourth-order valence-corrected chi connectivity index (χ4v) is 2.54. The number of primary sulfonamides is 1. The Morgan fingerprint density at radius 3 is 2.40 bits per heavy atom. The lowest BCUT2D eigenvalue weighted by Gasteiger charge is -2.14. The molecule has 3 N–H and O–H groups in total. The minimum atomic E-state index is -3.95. The summed E-state index contributed by atoms with van der Waals surface area (Å²) in [5.41, 5.74) is 0.464. The zero-order chi connectivity index (χ0) is 18.6. The molecular weight excluding hydrogens is 368 g/mol. The topological polar surface area (TPSA) is 116 Å². The highest BCUT2D eigenvalue weighted by Gasteiger charge is 2.20. The number of nitrogens with two attached hydrogens (primary N) is 1. The van der Waals surface area contributed by atoms with Gasteiger partial charge in [-0.2, -0.15) is 0 Å². The normalized spacial score (nSPS) is 12.3. The van der Waals surface area contributed by atoms with Gasteiger partial charge in [-0.25, -0.2) is 18.4 Å². The maximum Gasteiger partial charge on any atom is 0.338 e. The van der Waals surface area contributed by atoms with Crippen molar-refractivity contribution in [2.45, 2.75) is 17.9 Å². The number of sulfonamides is 1. The Bertz CT molecular complexity index is 897. The van der Waals surface area contributed by atoms with E-state index in [1.807, 2.05) is 0 Å². The summed E-state index contributed by atoms with van der Waals surface area (Å²) in [4.78, 5) is 23.9. The number of amides is 1. The van der Waals surface area contributed by atoms with E-state index in [1.165, 1.54) is 25.1 Å². The monoisotopic (exact) mass is 382 g/mol. The molecule has 0 heterocycles. The summed E-state index contributed by atoms with van der Waals surface area (Å²) >= 11 is 5.76. The van der Waals surface area contributed by atoms with Gasteiger partial charge in [0.2, 0.25) is 10.0 Å². The van der Waals surface area contributed by atoms with E-state index in [1.54, 1.807) is 24.3 Å². The lowest BCUT2D eigenvalue weighted by atomic mass is 10.2. The van der Waals surface area contributed by atoms with Crippen LogP contribution in [0.1, 0.15) is 17.3 Å². The molecule has 9 heteroatoms. The second kappa shape index (κ2) is 7.64. The fraction of sp³-hybridized carbons (Fsp3) is 0.125. The van der Waals surface area contributed by atoms with E-state index in [9.17, 15) is 18.0 Å². The number of esters is 1. The van der Waals surface area contributed by atoms with Crippen molar-refractivity contribution in [2.24, 2.45) is 5.14 Å². The van der Waals surface area contributed by atoms with Gasteiger partial charge in [-0.15, -0.1) is 0 Å². The molecule has 0 aliphatic rings. The standard InChI is InChI=1S/C16H15ClN2O5S/c1-10(15(20)19-13-7-5-12(17)6-8-13)24-16(21)11-3-2-4-14(9-11)25(18,22)23/h2-10H,1H3,(H,19,20)(H2,18,22,23)/t10-/m1/s1. The molecule has 0 aliphatic heterocycles. The second-order valence-electron chi connectivity index (χ2n) is 5.12. The van der Waals surface area contributed by atoms with Crippen LogP contribution < -0.4 is 10.5 Å². The number of hydrogen-bond acceptors (Lipinski definition) is 5. The van der Waals surface area contributed by atoms with E-state index in [-0.39, 0.29) is 10.5 Å². The lowest BCUT2D eigenvalue weighted by molar-refractivity contribution is -0.123. The van der Waals surface area contributed by atoms with Gasteiger partial charge in [-0.1, -0.05) is 17.7 Å². The van der Waals surface area contributed by atoms with Gasteiger partial charge in [-0.05, 0) is 49.4 Å². The van der Waals surface area contributed by atoms with Gasteiger partial charge in [0.15, 0.2) is 6.10 Å². The minimum Gasteiger partial charge on any atom is -0.449 e. The van der Waals surface area contributed by atoms with Gasteiger partial charge in [0.1, 0.15) is 0 Å². The number of halogens is 1. The Hall–Kier alpha value is -2.42. The number of rotatable bonds is 5. The zero-order valence-corrected chi connectivity index (χ0v) is 14.7. The van der Waals surface area contributed by atoms with Crippen LogP contribution in [0, 0.1) is 0 Å². The number of anilines is 1. The predicted molar refractivity (Wildman–Crippen MR) is 92.8 cm³/mol. The van der Waals surface area contributed by atoms with Crippen LogP contribution in [0.3, 0.4) is 0 Å². The first-order valence-electron chi connectivity index (χ1n) is 7.07. The molecule has 1 atom stereocenters. The molecule has 0 aliphatic carbocycles. The summed E-state index contributed by atoms with van der Waals surface area (Å²) in [5, 5.41) is 8.11. The molecule has 1 amide bonds. The van der Waals surface area contributed by atoms with Crippen molar-refractivity contribution in [3.05, 3.63) is 59.1 Å². The minimum absolute atomic E-state index is 0.0299. The number of hydrogen-bond donors (Lipinski definition) is 2. The van der Waals surface area contributed by atoms with Gasteiger partial charge in [0, 0.05) is 10.7 Å². The van der Waals surface area contributed by atoms with E-state index in [4.69, 9.17) is 21.5 Å². The maximum atomic E-state index is 12.1. The molecule has 2 aromatic carbocycles. The Balaban J connectivity index is 2.04. The molecule has 0 saturated carbocycles. The quantitative estimate of drug-likeness (QED) is 0.769. The molecular formula is C16H15ClN2O5S. The third-order valence-electron chi connectivity index (χ3n) is 3.16. The first kappa shape index (κ1) is 18.9. The molecule has 0 saturated heterocycles. The summed E-state index contributed by atoms with van der Waals surface area (Å²) in [7, 11) is -3.95. The SMILES string of the molecule is C[C@@H](OC(=O)c1cccc(S(N)(=O)=O)c1)C(=O)Nc1ccc(Cl)cc1. The maximum absolute atomic E-state index is 12.1. The van der Waals surface area contributed by atoms with Crippen molar-refractivity contribution in [3.8, 4) is 0 Å². The van der Waals surface area contributed by atoms with Crippen LogP contribution in [-0.2, 0) is 19.6 Å². The smallest absolute Gasteiger partial charge is 0.338 e. The van der Waals surface area contributed by atoms with E-state index in [0.29, 0.717) is 10.7 Å². The van der Waals surface area contributed by atoms with Crippen molar-refractivity contribution in [1.82, 2.24) is 0 Å². The second-order valence-corrected chi connectivity index (χ2v) is 7.11. The summed E-state index contributed by atoms with van der Waals surface area (Å²) in [6.07, 6.45) is -1.10. The van der Waals surface area contributed by atoms with Crippen molar-refractivity contribution in [3.63, 3.8) is 0 Å². The molecule has 25 heavy (non-hydrogen) atoms. The van der Waals surface area contributed by atoms with Crippen LogP contribution >= 0.6 is 11.6 Å². The molecule has 2 rings (SSSR count). The van der Waals surface area contributed by atoms with Crippen LogP contribution in [0.2, 0.25) is 5.02 Å². The summed E-state index contributed by atoms with van der Waals surface area (Å²) in [6.45, 7) is 1.40. The first-order chi connectivity index (χ1) is 11.7. The van der Waals surface area contributed by atoms with Crippen molar-refractivity contribution in [2.75, 3.05) is 5.32 Å². The van der Waals surface area contributed by atoms with Crippen molar-refractivity contribution >= 4 is 39.2 Å². The summed E-state index contributed by atoms with van der Waals surface area (Å²) in [5.74, 6) is -1.39. The Morgan fingerprint density at radius 1 is 1.16 bits per heavy atom. The summed E-state index contributed by atoms with van der Waals surface area (Å²) < 4.78 is 27.7. The highest BCUT2D eigenvalue weighted by Crippen LogP contribution is 2.15. The third-order valence-corrected chi connectivity index (χ3v) is 4.33. The largest absolute Gasteiger partial charge is 0.449 e.